The molecule has 1 heterocycles. The van der Waals surface area contributed by atoms with E-state index in [0.29, 0.717) is 35.3 Å². The van der Waals surface area contributed by atoms with Gasteiger partial charge in [-0.25, -0.2) is 4.79 Å². The summed E-state index contributed by atoms with van der Waals surface area (Å²) in [5.74, 6) is 0.130. The lowest BCUT2D eigenvalue weighted by Gasteiger charge is -2.17. The molecule has 0 radical (unpaired) electrons. The smallest absolute Gasteiger partial charge is 0.337 e. The summed E-state index contributed by atoms with van der Waals surface area (Å²) in [5, 5.41) is 3.62. The maximum absolute atomic E-state index is 12.4. The third kappa shape index (κ3) is 2.50. The zero-order chi connectivity index (χ0) is 14.8. The maximum Gasteiger partial charge on any atom is 0.337 e. The molecule has 0 atom stereocenters. The Hall–Kier alpha value is -2.69. The van der Waals surface area contributed by atoms with Gasteiger partial charge in [-0.2, -0.15) is 0 Å². The number of hydrogen-bond acceptors (Lipinski definition) is 5. The fraction of sp³-hybridized carbons (Fsp3) is 0.188. The minimum atomic E-state index is -0.395. The van der Waals surface area contributed by atoms with Crippen molar-refractivity contribution in [2.75, 3.05) is 7.11 Å². The first kappa shape index (κ1) is 13.3. The second-order valence-corrected chi connectivity index (χ2v) is 4.78. The van der Waals surface area contributed by atoms with Crippen molar-refractivity contribution in [2.45, 2.75) is 12.8 Å². The first-order valence-corrected chi connectivity index (χ1v) is 6.56. The van der Waals surface area contributed by atoms with Gasteiger partial charge in [-0.05, 0) is 42.7 Å². The number of ether oxygens (including phenoxy) is 1. The van der Waals surface area contributed by atoms with E-state index in [1.807, 2.05) is 0 Å². The normalized spacial score (nSPS) is 15.9. The van der Waals surface area contributed by atoms with E-state index in [1.165, 1.54) is 13.3 Å². The zero-order valence-corrected chi connectivity index (χ0v) is 11.5. The van der Waals surface area contributed by atoms with Gasteiger partial charge in [0.15, 0.2) is 11.5 Å². The van der Waals surface area contributed by atoms with Crippen molar-refractivity contribution in [3.8, 4) is 0 Å². The van der Waals surface area contributed by atoms with E-state index in [9.17, 15) is 9.59 Å². The molecule has 0 bridgehead atoms. The lowest BCUT2D eigenvalue weighted by Crippen LogP contribution is -2.15. The third-order valence-electron chi connectivity index (χ3n) is 3.50. The van der Waals surface area contributed by atoms with Crippen molar-refractivity contribution in [3.05, 3.63) is 58.5 Å². The molecule has 0 saturated carbocycles. The molecule has 1 aliphatic rings. The van der Waals surface area contributed by atoms with Gasteiger partial charge in [-0.3, -0.25) is 4.79 Å². The second kappa shape index (κ2) is 5.36. The number of hydrogen-bond donors (Lipinski definition) is 0. The molecule has 0 aliphatic heterocycles. The summed E-state index contributed by atoms with van der Waals surface area (Å²) in [6.07, 6.45) is 4.56. The lowest BCUT2D eigenvalue weighted by molar-refractivity contribution is 0.0600. The Kier molecular flexibility index (Phi) is 3.39. The Morgan fingerprint density at radius 2 is 2.19 bits per heavy atom. The number of aromatic nitrogens is 1. The number of fused-ring (bicyclic) bond motifs is 1. The van der Waals surface area contributed by atoms with Crippen LogP contribution in [-0.4, -0.2) is 24.0 Å². The van der Waals surface area contributed by atoms with Gasteiger partial charge >= 0.3 is 5.97 Å². The van der Waals surface area contributed by atoms with Crippen LogP contribution in [0.1, 0.15) is 38.5 Å². The number of nitrogens with zero attached hydrogens (tertiary/aromatic N) is 1. The van der Waals surface area contributed by atoms with Gasteiger partial charge in [0.05, 0.1) is 18.9 Å². The Morgan fingerprint density at radius 1 is 1.33 bits per heavy atom. The third-order valence-corrected chi connectivity index (χ3v) is 3.50. The van der Waals surface area contributed by atoms with Crippen LogP contribution in [0.4, 0.5) is 0 Å². The molecule has 0 saturated heterocycles. The maximum atomic E-state index is 12.4. The fourth-order valence-corrected chi connectivity index (χ4v) is 2.43. The molecule has 5 heteroatoms. The average molecular weight is 283 g/mol. The molecule has 0 unspecified atom stereocenters. The fourth-order valence-electron chi connectivity index (χ4n) is 2.43. The summed E-state index contributed by atoms with van der Waals surface area (Å²) in [6.45, 7) is 0. The molecule has 21 heavy (non-hydrogen) atoms. The Bertz CT molecular complexity index is 729. The highest BCUT2D eigenvalue weighted by atomic mass is 16.5. The van der Waals surface area contributed by atoms with E-state index >= 15 is 0 Å². The highest BCUT2D eigenvalue weighted by molar-refractivity contribution is 6.13. The molecule has 0 N–H and O–H groups in total. The van der Waals surface area contributed by atoms with Gasteiger partial charge in [0.25, 0.3) is 0 Å². The van der Waals surface area contributed by atoms with Gasteiger partial charge in [0, 0.05) is 17.2 Å². The molecule has 0 amide bonds. The van der Waals surface area contributed by atoms with E-state index in [0.717, 1.165) is 5.56 Å². The predicted octanol–water partition coefficient (Wildman–Crippen LogP) is 2.67. The van der Waals surface area contributed by atoms with Crippen LogP contribution in [-0.2, 0) is 11.2 Å². The largest absolute Gasteiger partial charge is 0.465 e. The summed E-state index contributed by atoms with van der Waals surface area (Å²) >= 11 is 0. The Morgan fingerprint density at radius 3 is 2.90 bits per heavy atom. The highest BCUT2D eigenvalue weighted by Crippen LogP contribution is 2.27. The number of rotatable bonds is 2. The number of aryl methyl sites for hydroxylation is 1. The molecule has 106 valence electrons. The molecule has 5 nitrogen and oxygen atoms in total. The Labute approximate surface area is 121 Å². The van der Waals surface area contributed by atoms with Crippen LogP contribution >= 0.6 is 0 Å². The summed E-state index contributed by atoms with van der Waals surface area (Å²) in [4.78, 5) is 24.0. The summed E-state index contributed by atoms with van der Waals surface area (Å²) in [6, 6.07) is 6.72. The first-order valence-electron chi connectivity index (χ1n) is 6.56. The molecule has 0 fully saturated rings. The van der Waals surface area contributed by atoms with E-state index < -0.39 is 5.97 Å². The molecule has 0 spiro atoms. The van der Waals surface area contributed by atoms with Gasteiger partial charge in [0.1, 0.15) is 0 Å². The highest BCUT2D eigenvalue weighted by Gasteiger charge is 2.23. The van der Waals surface area contributed by atoms with Crippen LogP contribution in [0.3, 0.4) is 0 Å². The minimum Gasteiger partial charge on any atom is -0.465 e. The number of allylic oxidation sites excluding steroid dienone is 1. The van der Waals surface area contributed by atoms with Crippen molar-refractivity contribution in [1.29, 1.82) is 0 Å². The number of carbonyl (C=O) groups is 2. The molecular formula is C16H13NO4. The average Bonchev–Trinajstić information content (AvgIpc) is 3.02. The van der Waals surface area contributed by atoms with E-state index in [1.54, 1.807) is 30.3 Å². The van der Waals surface area contributed by atoms with Gasteiger partial charge in [0.2, 0.25) is 0 Å². The first-order chi connectivity index (χ1) is 10.2. The van der Waals surface area contributed by atoms with Crippen LogP contribution in [0.15, 0.2) is 40.6 Å². The minimum absolute atomic E-state index is 0.0379. The standard InChI is InChI=1S/C16H13NO4/c1-20-16(19)12-4-5-14-10(8-12)2-3-11(15(14)18)9-13-6-7-17-21-13/h4-9H,2-3H2,1H3. The molecule has 1 aromatic heterocycles. The number of carbonyl (C=O) groups excluding carboxylic acids is 2. The van der Waals surface area contributed by atoms with Crippen LogP contribution in [0.5, 0.6) is 0 Å². The van der Waals surface area contributed by atoms with Crippen LogP contribution in [0.25, 0.3) is 6.08 Å². The van der Waals surface area contributed by atoms with Crippen molar-refractivity contribution in [1.82, 2.24) is 5.16 Å². The van der Waals surface area contributed by atoms with Crippen LogP contribution in [0, 0.1) is 0 Å². The number of benzene rings is 1. The van der Waals surface area contributed by atoms with E-state index in [4.69, 9.17) is 9.26 Å². The van der Waals surface area contributed by atoms with Gasteiger partial charge in [-0.15, -0.1) is 0 Å². The Balaban J connectivity index is 1.94. The summed E-state index contributed by atoms with van der Waals surface area (Å²) in [7, 11) is 1.34. The quantitative estimate of drug-likeness (QED) is 0.626. The number of esters is 1. The number of ketones is 1. The molecule has 1 aliphatic carbocycles. The topological polar surface area (TPSA) is 69.4 Å². The van der Waals surface area contributed by atoms with E-state index in [-0.39, 0.29) is 5.78 Å². The molecule has 2 aromatic rings. The van der Waals surface area contributed by atoms with Crippen molar-refractivity contribution >= 4 is 17.8 Å². The van der Waals surface area contributed by atoms with Crippen molar-refractivity contribution in [3.63, 3.8) is 0 Å². The molecule has 1 aromatic carbocycles. The summed E-state index contributed by atoms with van der Waals surface area (Å²) in [5.41, 5.74) is 2.65. The van der Waals surface area contributed by atoms with E-state index in [2.05, 4.69) is 5.16 Å². The van der Waals surface area contributed by atoms with Gasteiger partial charge in [-0.1, -0.05) is 5.16 Å². The van der Waals surface area contributed by atoms with Crippen LogP contribution in [0.2, 0.25) is 0 Å². The monoisotopic (exact) mass is 283 g/mol. The van der Waals surface area contributed by atoms with Gasteiger partial charge < -0.3 is 9.26 Å². The predicted molar refractivity (Wildman–Crippen MR) is 74.9 cm³/mol. The zero-order valence-electron chi connectivity index (χ0n) is 11.5. The van der Waals surface area contributed by atoms with Crippen molar-refractivity contribution in [2.24, 2.45) is 0 Å². The lowest BCUT2D eigenvalue weighted by atomic mass is 9.85. The molecular weight excluding hydrogens is 270 g/mol. The summed E-state index contributed by atoms with van der Waals surface area (Å²) < 4.78 is 9.69. The van der Waals surface area contributed by atoms with Crippen molar-refractivity contribution < 1.29 is 18.8 Å². The number of methoxy groups -OCH3 is 1. The number of Topliss-reactive ketones (excluding diaryl/α,β-unsaturated/α-hetero) is 1. The SMILES string of the molecule is COC(=O)c1ccc2c(c1)CCC(=Cc1ccno1)C2=O. The second-order valence-electron chi connectivity index (χ2n) is 4.78. The molecule has 3 rings (SSSR count). The van der Waals surface area contributed by atoms with Crippen LogP contribution < -0.4 is 0 Å².